The van der Waals surface area contributed by atoms with E-state index in [9.17, 15) is 13.2 Å². The number of rotatable bonds is 10. The summed E-state index contributed by atoms with van der Waals surface area (Å²) < 4.78 is 34.2. The van der Waals surface area contributed by atoms with Gasteiger partial charge in [-0.1, -0.05) is 0 Å². The molecule has 2 N–H and O–H groups in total. The molecular weight excluding hydrogens is 404 g/mol. The standard InChI is InChI=1S/C19H30N2O5S.ClH/c1-27(23,24)18-7-5-16(6-8-18)25-14-2-4-19(22)21-12-9-17(10-13-21)26-15-3-11-20;/h5-8,17H,2-4,9-15,20H2,1H3;1H. The van der Waals surface area contributed by atoms with Gasteiger partial charge in [-0.25, -0.2) is 8.42 Å². The third-order valence-corrected chi connectivity index (χ3v) is 5.68. The van der Waals surface area contributed by atoms with E-state index in [1.807, 2.05) is 4.90 Å². The van der Waals surface area contributed by atoms with Crippen molar-refractivity contribution >= 4 is 28.2 Å². The summed E-state index contributed by atoms with van der Waals surface area (Å²) in [6, 6.07) is 6.31. The van der Waals surface area contributed by atoms with Crippen LogP contribution in [0.5, 0.6) is 5.75 Å². The van der Waals surface area contributed by atoms with Crippen LogP contribution in [-0.2, 0) is 19.4 Å². The zero-order valence-electron chi connectivity index (χ0n) is 16.3. The number of likely N-dealkylation sites (tertiary alicyclic amines) is 1. The summed E-state index contributed by atoms with van der Waals surface area (Å²) in [5.74, 6) is 0.747. The Balaban J connectivity index is 0.00000392. The van der Waals surface area contributed by atoms with E-state index in [2.05, 4.69) is 0 Å². The van der Waals surface area contributed by atoms with Crippen LogP contribution in [0, 0.1) is 0 Å². The van der Waals surface area contributed by atoms with Crippen LogP contribution in [0.3, 0.4) is 0 Å². The molecule has 1 aliphatic heterocycles. The molecule has 0 aromatic heterocycles. The molecule has 28 heavy (non-hydrogen) atoms. The van der Waals surface area contributed by atoms with Gasteiger partial charge in [0.2, 0.25) is 5.91 Å². The monoisotopic (exact) mass is 434 g/mol. The van der Waals surface area contributed by atoms with Crippen LogP contribution >= 0.6 is 12.4 Å². The Morgan fingerprint density at radius 1 is 1.14 bits per heavy atom. The van der Waals surface area contributed by atoms with Gasteiger partial charge in [0.25, 0.3) is 0 Å². The van der Waals surface area contributed by atoms with E-state index in [-0.39, 0.29) is 29.3 Å². The topological polar surface area (TPSA) is 98.9 Å². The Morgan fingerprint density at radius 2 is 1.79 bits per heavy atom. The van der Waals surface area contributed by atoms with Crippen molar-refractivity contribution in [2.24, 2.45) is 5.73 Å². The van der Waals surface area contributed by atoms with Crippen LogP contribution in [-0.4, -0.2) is 64.4 Å². The zero-order valence-corrected chi connectivity index (χ0v) is 18.0. The van der Waals surface area contributed by atoms with E-state index >= 15 is 0 Å². The predicted octanol–water partition coefficient (Wildman–Crippen LogP) is 2.03. The van der Waals surface area contributed by atoms with E-state index in [1.54, 1.807) is 12.1 Å². The molecule has 1 saturated heterocycles. The second-order valence-electron chi connectivity index (χ2n) is 6.79. The summed E-state index contributed by atoms with van der Waals surface area (Å²) in [5.41, 5.74) is 5.46. The molecule has 0 saturated carbocycles. The average Bonchev–Trinajstić information content (AvgIpc) is 2.65. The maximum Gasteiger partial charge on any atom is 0.222 e. The largest absolute Gasteiger partial charge is 0.494 e. The number of nitrogens with two attached hydrogens (primary N) is 1. The van der Waals surface area contributed by atoms with Gasteiger partial charge in [-0.2, -0.15) is 0 Å². The summed E-state index contributed by atoms with van der Waals surface area (Å²) >= 11 is 0. The molecule has 1 aliphatic rings. The number of piperidine rings is 1. The third-order valence-electron chi connectivity index (χ3n) is 4.55. The highest BCUT2D eigenvalue weighted by Gasteiger charge is 2.22. The van der Waals surface area contributed by atoms with Gasteiger partial charge in [0.15, 0.2) is 9.84 Å². The minimum Gasteiger partial charge on any atom is -0.494 e. The van der Waals surface area contributed by atoms with Gasteiger partial charge in [0.05, 0.1) is 17.6 Å². The molecule has 1 aromatic rings. The van der Waals surface area contributed by atoms with Crippen molar-refractivity contribution in [1.82, 2.24) is 4.90 Å². The lowest BCUT2D eigenvalue weighted by atomic mass is 10.1. The summed E-state index contributed by atoms with van der Waals surface area (Å²) in [6.45, 7) is 3.22. The quantitative estimate of drug-likeness (QED) is 0.565. The second-order valence-corrected chi connectivity index (χ2v) is 8.80. The first-order valence-corrected chi connectivity index (χ1v) is 11.3. The SMILES string of the molecule is CS(=O)(=O)c1ccc(OCCCC(=O)N2CCC(OCCCN)CC2)cc1.Cl. The number of benzene rings is 1. The van der Waals surface area contributed by atoms with Crippen molar-refractivity contribution in [3.8, 4) is 5.75 Å². The number of hydrogen-bond donors (Lipinski definition) is 1. The van der Waals surface area contributed by atoms with Crippen LogP contribution in [0.1, 0.15) is 32.1 Å². The fourth-order valence-corrected chi connectivity index (χ4v) is 3.59. The minimum atomic E-state index is -3.20. The fourth-order valence-electron chi connectivity index (χ4n) is 2.96. The lowest BCUT2D eigenvalue weighted by Gasteiger charge is -2.32. The molecule has 0 aliphatic carbocycles. The van der Waals surface area contributed by atoms with Gasteiger partial charge >= 0.3 is 0 Å². The molecule has 1 fully saturated rings. The van der Waals surface area contributed by atoms with Crippen molar-refractivity contribution in [2.75, 3.05) is 39.1 Å². The van der Waals surface area contributed by atoms with Crippen molar-refractivity contribution in [2.45, 2.75) is 43.1 Å². The van der Waals surface area contributed by atoms with Gasteiger partial charge in [0.1, 0.15) is 5.75 Å². The number of carbonyl (C=O) groups is 1. The second kappa shape index (κ2) is 12.3. The van der Waals surface area contributed by atoms with Crippen LogP contribution in [0.2, 0.25) is 0 Å². The number of carbonyl (C=O) groups excluding carboxylic acids is 1. The van der Waals surface area contributed by atoms with Gasteiger partial charge in [-0.15, -0.1) is 12.4 Å². The maximum atomic E-state index is 12.3. The van der Waals surface area contributed by atoms with Crippen molar-refractivity contribution < 1.29 is 22.7 Å². The van der Waals surface area contributed by atoms with Crippen molar-refractivity contribution in [3.63, 3.8) is 0 Å². The summed E-state index contributed by atoms with van der Waals surface area (Å²) in [6.07, 6.45) is 5.09. The van der Waals surface area contributed by atoms with E-state index in [1.165, 1.54) is 18.4 Å². The molecule has 1 aromatic carbocycles. The van der Waals surface area contributed by atoms with Gasteiger partial charge in [-0.3, -0.25) is 4.79 Å². The number of nitrogens with zero attached hydrogens (tertiary/aromatic N) is 1. The molecule has 0 atom stereocenters. The van der Waals surface area contributed by atoms with Crippen LogP contribution < -0.4 is 10.5 Å². The highest BCUT2D eigenvalue weighted by atomic mass is 35.5. The first kappa shape index (κ1) is 24.7. The average molecular weight is 435 g/mol. The summed E-state index contributed by atoms with van der Waals surface area (Å²) in [7, 11) is -3.20. The van der Waals surface area contributed by atoms with Crippen LogP contribution in [0.25, 0.3) is 0 Å². The first-order valence-electron chi connectivity index (χ1n) is 9.42. The molecule has 1 heterocycles. The molecule has 160 valence electrons. The van der Waals surface area contributed by atoms with Gasteiger partial charge < -0.3 is 20.1 Å². The zero-order chi connectivity index (χ0) is 19.7. The van der Waals surface area contributed by atoms with Crippen LogP contribution in [0.15, 0.2) is 29.2 Å². The van der Waals surface area contributed by atoms with Gasteiger partial charge in [-0.05, 0) is 56.5 Å². The van der Waals surface area contributed by atoms with E-state index < -0.39 is 9.84 Å². The van der Waals surface area contributed by atoms with Gasteiger partial charge in [0, 0.05) is 32.4 Å². The summed E-state index contributed by atoms with van der Waals surface area (Å²) in [5, 5.41) is 0. The minimum absolute atomic E-state index is 0. The summed E-state index contributed by atoms with van der Waals surface area (Å²) in [4.78, 5) is 14.4. The lowest BCUT2D eigenvalue weighted by molar-refractivity contribution is -0.134. The fraction of sp³-hybridized carbons (Fsp3) is 0.632. The Labute approximate surface area is 173 Å². The predicted molar refractivity (Wildman–Crippen MR) is 111 cm³/mol. The Kier molecular flexibility index (Phi) is 10.8. The van der Waals surface area contributed by atoms with E-state index in [4.69, 9.17) is 15.2 Å². The van der Waals surface area contributed by atoms with E-state index in [0.717, 1.165) is 32.4 Å². The molecule has 0 spiro atoms. The number of halogens is 1. The first-order chi connectivity index (χ1) is 12.9. The maximum absolute atomic E-state index is 12.3. The highest BCUT2D eigenvalue weighted by molar-refractivity contribution is 7.90. The molecule has 1 amide bonds. The number of hydrogen-bond acceptors (Lipinski definition) is 6. The molecule has 7 nitrogen and oxygen atoms in total. The number of sulfone groups is 1. The third kappa shape index (κ3) is 8.34. The lowest BCUT2D eigenvalue weighted by Crippen LogP contribution is -2.41. The number of ether oxygens (including phenoxy) is 2. The molecule has 2 rings (SSSR count). The Hall–Kier alpha value is -1.35. The van der Waals surface area contributed by atoms with Crippen molar-refractivity contribution in [1.29, 1.82) is 0 Å². The molecule has 0 bridgehead atoms. The number of amides is 1. The Morgan fingerprint density at radius 3 is 2.36 bits per heavy atom. The molecule has 0 unspecified atom stereocenters. The van der Waals surface area contributed by atoms with Crippen LogP contribution in [0.4, 0.5) is 0 Å². The van der Waals surface area contributed by atoms with Crippen molar-refractivity contribution in [3.05, 3.63) is 24.3 Å². The normalized spacial score (nSPS) is 15.1. The smallest absolute Gasteiger partial charge is 0.222 e. The molecule has 0 radical (unpaired) electrons. The highest BCUT2D eigenvalue weighted by Crippen LogP contribution is 2.17. The molecule has 9 heteroatoms. The molecular formula is C19H31ClN2O5S. The Bertz CT molecular complexity index is 689. The van der Waals surface area contributed by atoms with E-state index in [0.29, 0.717) is 38.3 Å².